The van der Waals surface area contributed by atoms with E-state index in [2.05, 4.69) is 31.6 Å². The zero-order valence-electron chi connectivity index (χ0n) is 15.9. The summed E-state index contributed by atoms with van der Waals surface area (Å²) in [7, 11) is 0. The van der Waals surface area contributed by atoms with Crippen molar-refractivity contribution in [3.05, 3.63) is 46.3 Å². The molecule has 0 radical (unpaired) electrons. The van der Waals surface area contributed by atoms with Crippen molar-refractivity contribution >= 4 is 23.3 Å². The summed E-state index contributed by atoms with van der Waals surface area (Å²) in [4.78, 5) is 15.5. The summed E-state index contributed by atoms with van der Waals surface area (Å²) >= 11 is 6.12. The Labute approximate surface area is 173 Å². The minimum atomic E-state index is -0.375. The maximum Gasteiger partial charge on any atom is 0.231 e. The second-order valence-corrected chi connectivity index (χ2v) is 8.01. The van der Waals surface area contributed by atoms with Gasteiger partial charge in [-0.3, -0.25) is 4.79 Å². The molecule has 0 saturated heterocycles. The lowest BCUT2D eigenvalue weighted by Gasteiger charge is -2.31. The van der Waals surface area contributed by atoms with Gasteiger partial charge in [-0.05, 0) is 31.8 Å². The molecular weight excluding hydrogens is 397 g/mol. The summed E-state index contributed by atoms with van der Waals surface area (Å²) < 4.78 is 14.5. The van der Waals surface area contributed by atoms with Gasteiger partial charge in [0.1, 0.15) is 12.0 Å². The molecule has 3 aliphatic heterocycles. The Morgan fingerprint density at radius 3 is 2.93 bits per heavy atom. The molecule has 4 rings (SSSR count). The molecule has 29 heavy (non-hydrogen) atoms. The smallest absolute Gasteiger partial charge is 0.231 e. The highest BCUT2D eigenvalue weighted by atomic mass is 35.5. The number of nitrogens with two attached hydrogens (primary N) is 1. The van der Waals surface area contributed by atoms with Crippen LogP contribution in [0.1, 0.15) is 25.7 Å². The van der Waals surface area contributed by atoms with Gasteiger partial charge in [0, 0.05) is 35.6 Å². The molecule has 0 aromatic rings. The Morgan fingerprint density at radius 2 is 2.10 bits per heavy atom. The number of primary amides is 1. The lowest BCUT2D eigenvalue weighted by atomic mass is 9.91. The number of carbonyl (C=O) groups excluding carboxylic acids is 1. The van der Waals surface area contributed by atoms with E-state index in [1.165, 1.54) is 0 Å². The van der Waals surface area contributed by atoms with Crippen LogP contribution in [-0.2, 0) is 4.79 Å². The molecule has 1 amide bonds. The van der Waals surface area contributed by atoms with E-state index in [4.69, 9.17) is 17.3 Å². The van der Waals surface area contributed by atoms with Gasteiger partial charge < -0.3 is 32.3 Å². The van der Waals surface area contributed by atoms with E-state index in [1.54, 1.807) is 6.20 Å². The molecule has 8 nitrogen and oxygen atoms in total. The minimum Gasteiger partial charge on any atom is -0.369 e. The molecule has 1 unspecified atom stereocenters. The summed E-state index contributed by atoms with van der Waals surface area (Å²) in [6.45, 7) is 0.229. The van der Waals surface area contributed by atoms with Gasteiger partial charge in [0.25, 0.3) is 0 Å². The predicted molar refractivity (Wildman–Crippen MR) is 110 cm³/mol. The lowest BCUT2D eigenvalue weighted by Crippen LogP contribution is -2.45. The van der Waals surface area contributed by atoms with Crippen molar-refractivity contribution in [3.8, 4) is 0 Å². The number of aliphatic imine (C=N–C) groups is 1. The first kappa shape index (κ1) is 19.8. The van der Waals surface area contributed by atoms with E-state index < -0.39 is 0 Å². The highest BCUT2D eigenvalue weighted by Crippen LogP contribution is 2.28. The lowest BCUT2D eigenvalue weighted by molar-refractivity contribution is -0.117. The normalized spacial score (nSPS) is 28.7. The maximum absolute atomic E-state index is 14.5. The van der Waals surface area contributed by atoms with Crippen molar-refractivity contribution in [2.45, 2.75) is 43.9 Å². The van der Waals surface area contributed by atoms with Crippen LogP contribution in [0.2, 0.25) is 0 Å². The number of carbonyl (C=O) groups is 1. The van der Waals surface area contributed by atoms with Gasteiger partial charge in [0.15, 0.2) is 11.6 Å². The van der Waals surface area contributed by atoms with Crippen LogP contribution in [0.15, 0.2) is 51.3 Å². The Morgan fingerprint density at radius 1 is 1.31 bits per heavy atom. The van der Waals surface area contributed by atoms with Gasteiger partial charge in [-0.2, -0.15) is 0 Å². The summed E-state index contributed by atoms with van der Waals surface area (Å²) in [5, 5.41) is 16.4. The number of hydrogen-bond donors (Lipinski definition) is 6. The second-order valence-electron chi connectivity index (χ2n) is 7.57. The number of hydrogen-bond acceptors (Lipinski definition) is 7. The van der Waals surface area contributed by atoms with Crippen molar-refractivity contribution in [1.82, 2.24) is 26.6 Å². The number of rotatable bonds is 6. The zero-order chi connectivity index (χ0) is 20.4. The van der Waals surface area contributed by atoms with Crippen molar-refractivity contribution in [2.75, 3.05) is 13.1 Å². The van der Waals surface area contributed by atoms with E-state index in [-0.39, 0.29) is 48.9 Å². The van der Waals surface area contributed by atoms with Crippen LogP contribution >= 0.6 is 11.6 Å². The molecule has 3 heterocycles. The standard InChI is InChI=1S/C19H25ClFN7O/c20-10-4-13-14(7-25-17(13)24-6-10)18-26-8-15(21)19(28-18)27-12-3-1-2-11(5-12)23-9-16(22)29/h4,6-7,11-12,17,23-25,27H,1-3,5,8-9H2,(H2,22,29)(H,26,28)/t11-,12+,17?/m1/s1. The molecular formula is C19H25ClFN7O. The third-order valence-electron chi connectivity index (χ3n) is 5.42. The first-order valence-corrected chi connectivity index (χ1v) is 10.2. The molecule has 10 heteroatoms. The number of fused-ring (bicyclic) bond motifs is 1. The molecule has 156 valence electrons. The summed E-state index contributed by atoms with van der Waals surface area (Å²) in [6.07, 6.45) is 9.04. The van der Waals surface area contributed by atoms with Crippen LogP contribution in [0.3, 0.4) is 0 Å². The van der Waals surface area contributed by atoms with Gasteiger partial charge in [-0.25, -0.2) is 9.38 Å². The topological polar surface area (TPSA) is 116 Å². The van der Waals surface area contributed by atoms with E-state index in [0.717, 1.165) is 36.8 Å². The third kappa shape index (κ3) is 4.56. The molecule has 0 aromatic heterocycles. The van der Waals surface area contributed by atoms with Gasteiger partial charge in [-0.1, -0.05) is 11.6 Å². The molecule has 7 N–H and O–H groups in total. The summed E-state index contributed by atoms with van der Waals surface area (Å²) in [6, 6.07) is 0.256. The quantitative estimate of drug-likeness (QED) is 0.372. The zero-order valence-corrected chi connectivity index (χ0v) is 16.7. The van der Waals surface area contributed by atoms with Gasteiger partial charge in [0.2, 0.25) is 5.91 Å². The molecule has 0 spiro atoms. The van der Waals surface area contributed by atoms with Crippen LogP contribution in [0.25, 0.3) is 0 Å². The molecule has 0 aromatic carbocycles. The summed E-state index contributed by atoms with van der Waals surface area (Å²) in [5.74, 6) is 0.162. The summed E-state index contributed by atoms with van der Waals surface area (Å²) in [5.41, 5.74) is 7.02. The highest BCUT2D eigenvalue weighted by molar-refractivity contribution is 6.31. The third-order valence-corrected chi connectivity index (χ3v) is 5.64. The fourth-order valence-corrected chi connectivity index (χ4v) is 4.20. The Bertz CT molecular complexity index is 847. The van der Waals surface area contributed by atoms with Crippen LogP contribution in [0.5, 0.6) is 0 Å². The van der Waals surface area contributed by atoms with Crippen molar-refractivity contribution in [1.29, 1.82) is 0 Å². The first-order chi connectivity index (χ1) is 14.0. The number of halogens is 2. The van der Waals surface area contributed by atoms with Crippen LogP contribution in [0, 0.1) is 0 Å². The van der Waals surface area contributed by atoms with E-state index in [0.29, 0.717) is 10.9 Å². The maximum atomic E-state index is 14.5. The van der Waals surface area contributed by atoms with E-state index >= 15 is 0 Å². The number of nitrogens with zero attached hydrogens (tertiary/aromatic N) is 1. The van der Waals surface area contributed by atoms with Crippen LogP contribution in [0.4, 0.5) is 4.39 Å². The monoisotopic (exact) mass is 421 g/mol. The molecule has 0 bridgehead atoms. The van der Waals surface area contributed by atoms with Gasteiger partial charge in [-0.15, -0.1) is 0 Å². The molecule has 3 atom stereocenters. The van der Waals surface area contributed by atoms with Crippen molar-refractivity contribution in [3.63, 3.8) is 0 Å². The van der Waals surface area contributed by atoms with Gasteiger partial charge >= 0.3 is 0 Å². The second kappa shape index (κ2) is 8.46. The van der Waals surface area contributed by atoms with Crippen molar-refractivity contribution in [2.24, 2.45) is 10.7 Å². The largest absolute Gasteiger partial charge is 0.369 e. The molecule has 4 aliphatic rings. The van der Waals surface area contributed by atoms with Crippen LogP contribution in [-0.4, -0.2) is 43.1 Å². The number of dihydropyridines is 1. The first-order valence-electron chi connectivity index (χ1n) is 9.79. The number of allylic oxidation sites excluding steroid dienone is 2. The molecule has 1 saturated carbocycles. The van der Waals surface area contributed by atoms with Gasteiger partial charge in [0.05, 0.1) is 18.1 Å². The van der Waals surface area contributed by atoms with E-state index in [1.807, 2.05) is 12.3 Å². The SMILES string of the molecule is NC(=O)CN[C@@H]1CCC[C@H](NC2=C(F)CNC(C3=CNC4NC=C(Cl)C=C34)=N2)C1. The van der Waals surface area contributed by atoms with E-state index in [9.17, 15) is 9.18 Å². The Hall–Kier alpha value is -2.52. The van der Waals surface area contributed by atoms with Crippen molar-refractivity contribution < 1.29 is 9.18 Å². The van der Waals surface area contributed by atoms with Crippen LogP contribution < -0.4 is 32.3 Å². The minimum absolute atomic E-state index is 0.0698. The fourth-order valence-electron chi connectivity index (χ4n) is 4.02. The molecule has 1 aliphatic carbocycles. The fraction of sp³-hybridized carbons (Fsp3) is 0.474. The molecule has 1 fully saturated rings. The number of amidine groups is 1. The highest BCUT2D eigenvalue weighted by Gasteiger charge is 2.30. The average molecular weight is 422 g/mol. The Balaban J connectivity index is 1.44. The average Bonchev–Trinajstić information content (AvgIpc) is 3.11. The number of nitrogens with one attached hydrogen (secondary N) is 5. The Kier molecular flexibility index (Phi) is 5.77. The number of amides is 1. The predicted octanol–water partition coefficient (Wildman–Crippen LogP) is 0.525.